The summed E-state index contributed by atoms with van der Waals surface area (Å²) in [6, 6.07) is 10.9. The van der Waals surface area contributed by atoms with Crippen molar-refractivity contribution in [3.63, 3.8) is 0 Å². The second-order valence-corrected chi connectivity index (χ2v) is 6.24. The van der Waals surface area contributed by atoms with Crippen LogP contribution in [-0.4, -0.2) is 33.9 Å². The molecule has 2 aromatic heterocycles. The number of hydrogen-bond acceptors (Lipinski definition) is 6. The van der Waals surface area contributed by atoms with Crippen LogP contribution in [0, 0.1) is 12.7 Å². The highest BCUT2D eigenvalue weighted by atomic mass is 35.5. The van der Waals surface area contributed by atoms with E-state index in [4.69, 9.17) is 11.6 Å². The fourth-order valence-electron chi connectivity index (χ4n) is 2.43. The van der Waals surface area contributed by atoms with Gasteiger partial charge in [0.1, 0.15) is 29.1 Å². The molecule has 9 heteroatoms. The second kappa shape index (κ2) is 9.09. The summed E-state index contributed by atoms with van der Waals surface area (Å²) in [6.45, 7) is 2.55. The van der Waals surface area contributed by atoms with Crippen LogP contribution in [0.4, 0.5) is 21.8 Å². The predicted molar refractivity (Wildman–Crippen MR) is 107 cm³/mol. The third-order valence-corrected chi connectivity index (χ3v) is 3.96. The first-order valence-electron chi connectivity index (χ1n) is 8.52. The number of halogens is 2. The third kappa shape index (κ3) is 5.37. The number of amides is 1. The lowest BCUT2D eigenvalue weighted by Gasteiger charge is -2.11. The lowest BCUT2D eigenvalue weighted by atomic mass is 10.2. The summed E-state index contributed by atoms with van der Waals surface area (Å²) >= 11 is 5.89. The Bertz CT molecular complexity index is 970. The summed E-state index contributed by atoms with van der Waals surface area (Å²) in [4.78, 5) is 24.9. The molecule has 7 nitrogen and oxygen atoms in total. The van der Waals surface area contributed by atoms with Crippen molar-refractivity contribution in [2.75, 3.05) is 23.7 Å². The molecular formula is C19H18ClFN6O. The molecular weight excluding hydrogens is 383 g/mol. The lowest BCUT2D eigenvalue weighted by molar-refractivity contribution is 0.0955. The molecule has 28 heavy (non-hydrogen) atoms. The van der Waals surface area contributed by atoms with Gasteiger partial charge in [-0.15, -0.1) is 0 Å². The summed E-state index contributed by atoms with van der Waals surface area (Å²) in [5.74, 6) is 1.62. The maximum Gasteiger partial charge on any atom is 0.252 e. The number of benzene rings is 1. The molecule has 0 saturated heterocycles. The number of nitrogens with zero attached hydrogens (tertiary/aromatic N) is 3. The third-order valence-electron chi connectivity index (χ3n) is 3.65. The van der Waals surface area contributed by atoms with E-state index >= 15 is 0 Å². The minimum atomic E-state index is -0.488. The Balaban J connectivity index is 1.54. The van der Waals surface area contributed by atoms with Crippen LogP contribution in [0.1, 0.15) is 16.2 Å². The SMILES string of the molecule is Cc1nc(NCCNC(=O)c2ccc(F)cc2Cl)cc(Nc2ccccn2)n1. The maximum atomic E-state index is 13.1. The molecule has 1 amide bonds. The minimum absolute atomic E-state index is 0.0714. The molecule has 0 aliphatic carbocycles. The summed E-state index contributed by atoms with van der Waals surface area (Å²) < 4.78 is 13.1. The Morgan fingerprint density at radius 2 is 1.89 bits per heavy atom. The number of carbonyl (C=O) groups excluding carboxylic acids is 1. The Morgan fingerprint density at radius 1 is 1.07 bits per heavy atom. The molecule has 3 aromatic rings. The lowest BCUT2D eigenvalue weighted by Crippen LogP contribution is -2.29. The van der Waals surface area contributed by atoms with Gasteiger partial charge in [-0.25, -0.2) is 19.3 Å². The van der Waals surface area contributed by atoms with Gasteiger partial charge >= 0.3 is 0 Å². The molecule has 0 unspecified atom stereocenters. The fourth-order valence-corrected chi connectivity index (χ4v) is 2.68. The molecule has 3 N–H and O–H groups in total. The van der Waals surface area contributed by atoms with Crippen LogP contribution < -0.4 is 16.0 Å². The smallest absolute Gasteiger partial charge is 0.252 e. The highest BCUT2D eigenvalue weighted by Crippen LogP contribution is 2.17. The van der Waals surface area contributed by atoms with Crippen LogP contribution >= 0.6 is 11.6 Å². The number of anilines is 3. The molecule has 0 spiro atoms. The molecule has 0 aliphatic rings. The molecule has 144 valence electrons. The first-order chi connectivity index (χ1) is 13.5. The van der Waals surface area contributed by atoms with Gasteiger partial charge < -0.3 is 16.0 Å². The van der Waals surface area contributed by atoms with Gasteiger partial charge in [0.2, 0.25) is 0 Å². The molecule has 1 aromatic carbocycles. The Kier molecular flexibility index (Phi) is 6.33. The van der Waals surface area contributed by atoms with Gasteiger partial charge in [0.05, 0.1) is 10.6 Å². The van der Waals surface area contributed by atoms with Gasteiger partial charge in [-0.05, 0) is 37.3 Å². The summed E-state index contributed by atoms with van der Waals surface area (Å²) in [6.07, 6.45) is 1.69. The van der Waals surface area contributed by atoms with Gasteiger partial charge in [0.25, 0.3) is 5.91 Å². The van der Waals surface area contributed by atoms with E-state index in [-0.39, 0.29) is 16.5 Å². The van der Waals surface area contributed by atoms with Gasteiger partial charge in [-0.1, -0.05) is 17.7 Å². The summed E-state index contributed by atoms with van der Waals surface area (Å²) in [5, 5.41) is 9.02. The summed E-state index contributed by atoms with van der Waals surface area (Å²) in [5.41, 5.74) is 0.225. The van der Waals surface area contributed by atoms with Crippen molar-refractivity contribution in [2.45, 2.75) is 6.92 Å². The van der Waals surface area contributed by atoms with E-state index < -0.39 is 5.82 Å². The van der Waals surface area contributed by atoms with E-state index in [2.05, 4.69) is 30.9 Å². The van der Waals surface area contributed by atoms with Crippen molar-refractivity contribution in [1.82, 2.24) is 20.3 Å². The molecule has 0 fully saturated rings. The summed E-state index contributed by atoms with van der Waals surface area (Å²) in [7, 11) is 0. The molecule has 0 bridgehead atoms. The van der Waals surface area contributed by atoms with Crippen LogP contribution in [0.3, 0.4) is 0 Å². The van der Waals surface area contributed by atoms with Gasteiger partial charge in [0, 0.05) is 25.4 Å². The van der Waals surface area contributed by atoms with Gasteiger partial charge in [-0.2, -0.15) is 0 Å². The zero-order valence-corrected chi connectivity index (χ0v) is 15.8. The average molecular weight is 401 g/mol. The van der Waals surface area contributed by atoms with E-state index in [0.717, 1.165) is 6.07 Å². The van der Waals surface area contributed by atoms with E-state index in [1.165, 1.54) is 12.1 Å². The van der Waals surface area contributed by atoms with Gasteiger partial charge in [-0.3, -0.25) is 4.79 Å². The van der Waals surface area contributed by atoms with Crippen molar-refractivity contribution in [2.24, 2.45) is 0 Å². The fraction of sp³-hybridized carbons (Fsp3) is 0.158. The van der Waals surface area contributed by atoms with Crippen LogP contribution in [0.15, 0.2) is 48.7 Å². The number of rotatable bonds is 7. The number of pyridine rings is 1. The van der Waals surface area contributed by atoms with E-state index in [1.54, 1.807) is 19.2 Å². The number of nitrogens with one attached hydrogen (secondary N) is 3. The molecule has 0 atom stereocenters. The second-order valence-electron chi connectivity index (χ2n) is 5.83. The number of aryl methyl sites for hydroxylation is 1. The van der Waals surface area contributed by atoms with Crippen molar-refractivity contribution in [1.29, 1.82) is 0 Å². The van der Waals surface area contributed by atoms with E-state index in [0.29, 0.717) is 36.4 Å². The standard InChI is InChI=1S/C19H18ClFN6O/c1-12-25-17(11-18(26-12)27-16-4-2-3-7-22-16)23-8-9-24-19(28)14-6-5-13(21)10-15(14)20/h2-7,10-11H,8-9H2,1H3,(H,24,28)(H2,22,23,25,26,27). The first kappa shape index (κ1) is 19.5. The topological polar surface area (TPSA) is 91.8 Å². The quantitative estimate of drug-likeness (QED) is 0.525. The first-order valence-corrected chi connectivity index (χ1v) is 8.90. The van der Waals surface area contributed by atoms with Crippen LogP contribution in [0.25, 0.3) is 0 Å². The van der Waals surface area contributed by atoms with Crippen LogP contribution in [-0.2, 0) is 0 Å². The largest absolute Gasteiger partial charge is 0.368 e. The van der Waals surface area contributed by atoms with E-state index in [1.807, 2.05) is 18.2 Å². The molecule has 3 rings (SSSR count). The van der Waals surface area contributed by atoms with Crippen molar-refractivity contribution in [3.05, 3.63) is 70.9 Å². The molecule has 0 saturated carbocycles. The average Bonchev–Trinajstić information content (AvgIpc) is 2.65. The number of aromatic nitrogens is 3. The zero-order valence-electron chi connectivity index (χ0n) is 15.0. The Labute approximate surface area is 166 Å². The molecule has 0 aliphatic heterocycles. The Morgan fingerprint density at radius 3 is 2.64 bits per heavy atom. The maximum absolute atomic E-state index is 13.1. The monoisotopic (exact) mass is 400 g/mol. The molecule has 0 radical (unpaired) electrons. The van der Waals surface area contributed by atoms with Crippen LogP contribution in [0.5, 0.6) is 0 Å². The van der Waals surface area contributed by atoms with Gasteiger partial charge in [0.15, 0.2) is 0 Å². The number of carbonyl (C=O) groups is 1. The predicted octanol–water partition coefficient (Wildman–Crippen LogP) is 3.56. The normalized spacial score (nSPS) is 10.4. The Hall–Kier alpha value is -3.26. The zero-order chi connectivity index (χ0) is 19.9. The highest BCUT2D eigenvalue weighted by Gasteiger charge is 2.10. The van der Waals surface area contributed by atoms with Crippen LogP contribution in [0.2, 0.25) is 5.02 Å². The van der Waals surface area contributed by atoms with Crippen molar-refractivity contribution in [3.8, 4) is 0 Å². The number of hydrogen-bond donors (Lipinski definition) is 3. The van der Waals surface area contributed by atoms with Crippen molar-refractivity contribution >= 4 is 35.0 Å². The minimum Gasteiger partial charge on any atom is -0.368 e. The highest BCUT2D eigenvalue weighted by molar-refractivity contribution is 6.33. The van der Waals surface area contributed by atoms with E-state index in [9.17, 15) is 9.18 Å². The molecule has 2 heterocycles. The van der Waals surface area contributed by atoms with Crippen molar-refractivity contribution < 1.29 is 9.18 Å².